The zero-order chi connectivity index (χ0) is 23.9. The minimum Gasteiger partial charge on any atom is -0.374 e. The Balaban J connectivity index is 1.44. The molecule has 1 N–H and O–H groups in total. The van der Waals surface area contributed by atoms with Gasteiger partial charge in [0.05, 0.1) is 16.1 Å². The highest BCUT2D eigenvalue weighted by atomic mass is 35.5. The fourth-order valence-corrected chi connectivity index (χ4v) is 4.40. The van der Waals surface area contributed by atoms with Gasteiger partial charge in [0.15, 0.2) is 0 Å². The van der Waals surface area contributed by atoms with Crippen LogP contribution in [0.4, 0.5) is 5.69 Å². The van der Waals surface area contributed by atoms with Gasteiger partial charge in [0.2, 0.25) is 0 Å². The molecule has 34 heavy (non-hydrogen) atoms. The van der Waals surface area contributed by atoms with Gasteiger partial charge in [-0.25, -0.2) is 0 Å². The van der Waals surface area contributed by atoms with Crippen molar-refractivity contribution in [1.29, 1.82) is 5.26 Å². The summed E-state index contributed by atoms with van der Waals surface area (Å²) >= 11 is 11.9. The number of carbonyl (C=O) groups is 1. The fourth-order valence-electron chi connectivity index (χ4n) is 4.10. The third-order valence-corrected chi connectivity index (χ3v) is 6.54. The first-order chi connectivity index (χ1) is 16.5. The number of benzene rings is 3. The second kappa shape index (κ2) is 11.2. The average molecular weight is 491 g/mol. The molecule has 0 radical (unpaired) electrons. The molecule has 1 aliphatic rings. The number of amides is 1. The summed E-state index contributed by atoms with van der Waals surface area (Å²) in [7, 11) is 0. The third-order valence-electron chi connectivity index (χ3n) is 5.80. The van der Waals surface area contributed by atoms with Crippen LogP contribution in [0.5, 0.6) is 0 Å². The standard InChI is InChI=1S/C27H24Cl2N4O/c28-24-12-11-23(17-25(24)29)31-27(34)22(18-30)19-32-13-15-33(16-14-32)26(20-7-3-1-4-8-20)21-9-5-2-6-10-21/h1-12,17,19,26H,13-16H2,(H,31,34)/b22-19-. The van der Waals surface area contributed by atoms with Gasteiger partial charge in [-0.15, -0.1) is 0 Å². The van der Waals surface area contributed by atoms with E-state index in [2.05, 4.69) is 58.7 Å². The molecule has 1 fully saturated rings. The van der Waals surface area contributed by atoms with Gasteiger partial charge in [-0.05, 0) is 29.3 Å². The van der Waals surface area contributed by atoms with E-state index in [4.69, 9.17) is 23.2 Å². The summed E-state index contributed by atoms with van der Waals surface area (Å²) in [6.07, 6.45) is 1.64. The molecule has 0 unspecified atom stereocenters. The van der Waals surface area contributed by atoms with Crippen LogP contribution in [-0.2, 0) is 4.79 Å². The Labute approximate surface area is 209 Å². The topological polar surface area (TPSA) is 59.4 Å². The van der Waals surface area contributed by atoms with Crippen LogP contribution in [0.3, 0.4) is 0 Å². The van der Waals surface area contributed by atoms with E-state index in [1.807, 2.05) is 23.1 Å². The number of anilines is 1. The molecule has 4 rings (SSSR count). The summed E-state index contributed by atoms with van der Waals surface area (Å²) in [5.41, 5.74) is 3.02. The van der Waals surface area contributed by atoms with E-state index in [9.17, 15) is 10.1 Å². The van der Waals surface area contributed by atoms with Gasteiger partial charge in [0.1, 0.15) is 11.6 Å². The molecular weight excluding hydrogens is 467 g/mol. The van der Waals surface area contributed by atoms with Crippen molar-refractivity contribution in [2.75, 3.05) is 31.5 Å². The predicted octanol–water partition coefficient (Wildman–Crippen LogP) is 5.75. The van der Waals surface area contributed by atoms with Gasteiger partial charge >= 0.3 is 0 Å². The maximum Gasteiger partial charge on any atom is 0.267 e. The van der Waals surface area contributed by atoms with Gasteiger partial charge in [-0.3, -0.25) is 9.69 Å². The van der Waals surface area contributed by atoms with Crippen molar-refractivity contribution in [1.82, 2.24) is 9.80 Å². The summed E-state index contributed by atoms with van der Waals surface area (Å²) in [4.78, 5) is 17.1. The van der Waals surface area contributed by atoms with Crippen molar-refractivity contribution in [3.8, 4) is 6.07 Å². The van der Waals surface area contributed by atoms with Gasteiger partial charge in [-0.2, -0.15) is 5.26 Å². The molecule has 1 aliphatic heterocycles. The van der Waals surface area contributed by atoms with Crippen molar-refractivity contribution in [3.63, 3.8) is 0 Å². The molecule has 3 aromatic carbocycles. The van der Waals surface area contributed by atoms with Crippen molar-refractivity contribution in [3.05, 3.63) is 112 Å². The molecule has 3 aromatic rings. The molecule has 1 saturated heterocycles. The van der Waals surface area contributed by atoms with E-state index in [0.29, 0.717) is 28.8 Å². The number of nitriles is 1. The first kappa shape index (κ1) is 23.8. The number of nitrogens with zero attached hydrogens (tertiary/aromatic N) is 3. The summed E-state index contributed by atoms with van der Waals surface area (Å²) < 4.78 is 0. The smallest absolute Gasteiger partial charge is 0.267 e. The molecule has 1 amide bonds. The highest BCUT2D eigenvalue weighted by molar-refractivity contribution is 6.42. The van der Waals surface area contributed by atoms with Crippen molar-refractivity contribution >= 4 is 34.8 Å². The quantitative estimate of drug-likeness (QED) is 0.353. The van der Waals surface area contributed by atoms with E-state index in [1.54, 1.807) is 24.4 Å². The largest absolute Gasteiger partial charge is 0.374 e. The van der Waals surface area contributed by atoms with Crippen LogP contribution in [0.25, 0.3) is 0 Å². The van der Waals surface area contributed by atoms with Crippen LogP contribution in [0.1, 0.15) is 17.2 Å². The summed E-state index contributed by atoms with van der Waals surface area (Å²) in [6, 6.07) is 27.9. The lowest BCUT2D eigenvalue weighted by atomic mass is 9.96. The fraction of sp³-hybridized carbons (Fsp3) is 0.185. The van der Waals surface area contributed by atoms with E-state index in [-0.39, 0.29) is 11.6 Å². The predicted molar refractivity (Wildman–Crippen MR) is 137 cm³/mol. The van der Waals surface area contributed by atoms with Gasteiger partial charge in [0, 0.05) is 38.1 Å². The maximum atomic E-state index is 12.6. The lowest BCUT2D eigenvalue weighted by Gasteiger charge is -2.39. The van der Waals surface area contributed by atoms with Crippen LogP contribution in [0, 0.1) is 11.3 Å². The summed E-state index contributed by atoms with van der Waals surface area (Å²) in [5, 5.41) is 13.0. The molecular formula is C27H24Cl2N4O. The van der Waals surface area contributed by atoms with E-state index >= 15 is 0 Å². The van der Waals surface area contributed by atoms with E-state index in [1.165, 1.54) is 11.1 Å². The second-order valence-corrected chi connectivity index (χ2v) is 8.85. The molecule has 0 aliphatic carbocycles. The Morgan fingerprint density at radius 1 is 0.882 bits per heavy atom. The first-order valence-corrected chi connectivity index (χ1v) is 11.8. The second-order valence-electron chi connectivity index (χ2n) is 8.03. The van der Waals surface area contributed by atoms with Crippen LogP contribution in [-0.4, -0.2) is 41.9 Å². The monoisotopic (exact) mass is 490 g/mol. The molecule has 5 nitrogen and oxygen atoms in total. The molecule has 0 bridgehead atoms. The summed E-state index contributed by atoms with van der Waals surface area (Å²) in [6.45, 7) is 3.03. The third kappa shape index (κ3) is 5.78. The Morgan fingerprint density at radius 3 is 2.00 bits per heavy atom. The zero-order valence-electron chi connectivity index (χ0n) is 18.5. The van der Waals surface area contributed by atoms with Gasteiger partial charge in [-0.1, -0.05) is 83.9 Å². The Kier molecular flexibility index (Phi) is 7.87. The number of carbonyl (C=O) groups excluding carboxylic acids is 1. The Bertz CT molecular complexity index is 1160. The van der Waals surface area contributed by atoms with Gasteiger partial charge < -0.3 is 10.2 Å². The summed E-state index contributed by atoms with van der Waals surface area (Å²) in [5.74, 6) is -0.477. The van der Waals surface area contributed by atoms with E-state index < -0.39 is 5.91 Å². The lowest BCUT2D eigenvalue weighted by Crippen LogP contribution is -2.46. The average Bonchev–Trinajstić information content (AvgIpc) is 2.87. The molecule has 1 heterocycles. The number of hydrogen-bond donors (Lipinski definition) is 1. The Hall–Kier alpha value is -3.30. The minimum atomic E-state index is -0.477. The number of hydrogen-bond acceptors (Lipinski definition) is 4. The van der Waals surface area contributed by atoms with E-state index in [0.717, 1.165) is 13.1 Å². The molecule has 7 heteroatoms. The van der Waals surface area contributed by atoms with Gasteiger partial charge in [0.25, 0.3) is 5.91 Å². The van der Waals surface area contributed by atoms with Crippen molar-refractivity contribution < 1.29 is 4.79 Å². The first-order valence-electron chi connectivity index (χ1n) is 11.0. The number of halogens is 2. The normalized spacial score (nSPS) is 14.6. The van der Waals surface area contributed by atoms with Crippen molar-refractivity contribution in [2.45, 2.75) is 6.04 Å². The van der Waals surface area contributed by atoms with Crippen LogP contribution in [0.2, 0.25) is 10.0 Å². The number of piperazine rings is 1. The van der Waals surface area contributed by atoms with Crippen molar-refractivity contribution in [2.24, 2.45) is 0 Å². The minimum absolute atomic E-state index is 0.0437. The highest BCUT2D eigenvalue weighted by Crippen LogP contribution is 2.29. The number of nitrogens with one attached hydrogen (secondary N) is 1. The molecule has 0 aromatic heterocycles. The van der Waals surface area contributed by atoms with Crippen LogP contribution in [0.15, 0.2) is 90.6 Å². The molecule has 0 saturated carbocycles. The molecule has 0 spiro atoms. The number of rotatable bonds is 6. The molecule has 172 valence electrons. The van der Waals surface area contributed by atoms with Crippen LogP contribution < -0.4 is 5.32 Å². The SMILES string of the molecule is N#C/C(=C/N1CCN(C(c2ccccc2)c2ccccc2)CC1)C(=O)Nc1ccc(Cl)c(Cl)c1. The zero-order valence-corrected chi connectivity index (χ0v) is 20.0. The lowest BCUT2D eigenvalue weighted by molar-refractivity contribution is -0.112. The maximum absolute atomic E-state index is 12.6. The highest BCUT2D eigenvalue weighted by Gasteiger charge is 2.26. The van der Waals surface area contributed by atoms with Crippen LogP contribution >= 0.6 is 23.2 Å². The molecule has 0 atom stereocenters. The Morgan fingerprint density at radius 2 is 1.47 bits per heavy atom.